The number of hydrogen-bond acceptors (Lipinski definition) is 2. The third kappa shape index (κ3) is 4.13. The first-order valence-corrected chi connectivity index (χ1v) is 5.01. The predicted octanol–water partition coefficient (Wildman–Crippen LogP) is 1.52. The zero-order chi connectivity index (χ0) is 12.0. The van der Waals surface area contributed by atoms with E-state index in [9.17, 15) is 9.59 Å². The van der Waals surface area contributed by atoms with Gasteiger partial charge in [-0.25, -0.2) is 0 Å². The van der Waals surface area contributed by atoms with Gasteiger partial charge in [0.05, 0.1) is 0 Å². The zero-order valence-electron chi connectivity index (χ0n) is 8.77. The van der Waals surface area contributed by atoms with Crippen molar-refractivity contribution in [3.8, 4) is 0 Å². The quantitative estimate of drug-likeness (QED) is 0.763. The Morgan fingerprint density at radius 3 is 2.19 bits per heavy atom. The summed E-state index contributed by atoms with van der Waals surface area (Å²) in [5.74, 6) is -1.70. The van der Waals surface area contributed by atoms with Crippen molar-refractivity contribution in [2.24, 2.45) is 0 Å². The van der Waals surface area contributed by atoms with Gasteiger partial charge in [-0.05, 0) is 30.0 Å². The van der Waals surface area contributed by atoms with E-state index in [4.69, 9.17) is 10.2 Å². The minimum Gasteiger partial charge on any atom is -0.481 e. The van der Waals surface area contributed by atoms with E-state index in [2.05, 4.69) is 6.07 Å². The number of benzene rings is 1. The first kappa shape index (κ1) is 12.2. The van der Waals surface area contributed by atoms with E-state index in [1.807, 2.05) is 0 Å². The fourth-order valence-electron chi connectivity index (χ4n) is 1.46. The molecule has 0 aliphatic carbocycles. The molecular weight excluding hydrogens is 208 g/mol. The SMILES string of the molecule is O=C(O)CCc1c[c]ccc1CCC(=O)O. The molecule has 0 saturated carbocycles. The van der Waals surface area contributed by atoms with Gasteiger partial charge in [0, 0.05) is 12.8 Å². The number of carboxylic acid groups (broad SMARTS) is 2. The summed E-state index contributed by atoms with van der Waals surface area (Å²) in [5.41, 5.74) is 1.76. The maximum atomic E-state index is 10.4. The molecule has 0 bridgehead atoms. The molecule has 0 aliphatic rings. The van der Waals surface area contributed by atoms with Gasteiger partial charge in [-0.2, -0.15) is 0 Å². The van der Waals surface area contributed by atoms with Crippen LogP contribution in [0.5, 0.6) is 0 Å². The van der Waals surface area contributed by atoms with Crippen LogP contribution in [-0.2, 0) is 22.4 Å². The molecule has 0 unspecified atom stereocenters. The highest BCUT2D eigenvalue weighted by Crippen LogP contribution is 2.13. The van der Waals surface area contributed by atoms with E-state index in [0.29, 0.717) is 12.8 Å². The molecule has 4 heteroatoms. The highest BCUT2D eigenvalue weighted by atomic mass is 16.4. The van der Waals surface area contributed by atoms with Gasteiger partial charge in [0.1, 0.15) is 0 Å². The average molecular weight is 221 g/mol. The number of rotatable bonds is 6. The van der Waals surface area contributed by atoms with Crippen molar-refractivity contribution in [2.45, 2.75) is 25.7 Å². The van der Waals surface area contributed by atoms with Gasteiger partial charge < -0.3 is 10.2 Å². The number of aliphatic carboxylic acids is 2. The average Bonchev–Trinajstić information content (AvgIpc) is 2.24. The van der Waals surface area contributed by atoms with Gasteiger partial charge in [0.25, 0.3) is 0 Å². The van der Waals surface area contributed by atoms with Crippen LogP contribution in [-0.4, -0.2) is 22.2 Å². The number of carboxylic acids is 2. The predicted molar refractivity (Wildman–Crippen MR) is 57.2 cm³/mol. The third-order valence-electron chi connectivity index (χ3n) is 2.27. The van der Waals surface area contributed by atoms with Crippen LogP contribution >= 0.6 is 0 Å². The van der Waals surface area contributed by atoms with Crippen LogP contribution in [0.1, 0.15) is 24.0 Å². The van der Waals surface area contributed by atoms with E-state index in [1.165, 1.54) is 0 Å². The van der Waals surface area contributed by atoms with Crippen LogP contribution in [0.15, 0.2) is 18.2 Å². The van der Waals surface area contributed by atoms with Crippen molar-refractivity contribution in [1.82, 2.24) is 0 Å². The van der Waals surface area contributed by atoms with E-state index in [1.54, 1.807) is 18.2 Å². The second-order valence-corrected chi connectivity index (χ2v) is 3.48. The second-order valence-electron chi connectivity index (χ2n) is 3.48. The lowest BCUT2D eigenvalue weighted by molar-refractivity contribution is -0.138. The molecule has 16 heavy (non-hydrogen) atoms. The lowest BCUT2D eigenvalue weighted by atomic mass is 9.99. The monoisotopic (exact) mass is 221 g/mol. The van der Waals surface area contributed by atoms with Crippen LogP contribution in [0.4, 0.5) is 0 Å². The molecule has 0 atom stereocenters. The third-order valence-corrected chi connectivity index (χ3v) is 2.27. The molecule has 4 nitrogen and oxygen atoms in total. The van der Waals surface area contributed by atoms with Gasteiger partial charge in [0.15, 0.2) is 0 Å². The zero-order valence-corrected chi connectivity index (χ0v) is 8.77. The molecule has 2 N–H and O–H groups in total. The van der Waals surface area contributed by atoms with Crippen molar-refractivity contribution < 1.29 is 19.8 Å². The highest BCUT2D eigenvalue weighted by molar-refractivity contribution is 5.68. The Bertz CT molecular complexity index is 347. The molecule has 1 aromatic carbocycles. The molecule has 85 valence electrons. The Kier molecular flexibility index (Phi) is 4.51. The minimum atomic E-state index is -0.854. The molecule has 0 aromatic heterocycles. The van der Waals surface area contributed by atoms with Crippen molar-refractivity contribution in [3.63, 3.8) is 0 Å². The first-order valence-electron chi connectivity index (χ1n) is 5.01. The van der Waals surface area contributed by atoms with E-state index >= 15 is 0 Å². The largest absolute Gasteiger partial charge is 0.481 e. The Labute approximate surface area is 93.5 Å². The molecule has 0 amide bonds. The van der Waals surface area contributed by atoms with Crippen molar-refractivity contribution in [3.05, 3.63) is 35.4 Å². The van der Waals surface area contributed by atoms with Crippen LogP contribution in [0, 0.1) is 6.07 Å². The van der Waals surface area contributed by atoms with E-state index in [0.717, 1.165) is 11.1 Å². The Morgan fingerprint density at radius 1 is 1.06 bits per heavy atom. The summed E-state index contributed by atoms with van der Waals surface area (Å²) in [5, 5.41) is 17.2. The molecule has 1 rings (SSSR count). The lowest BCUT2D eigenvalue weighted by Gasteiger charge is -2.06. The van der Waals surface area contributed by atoms with Crippen molar-refractivity contribution in [2.75, 3.05) is 0 Å². The van der Waals surface area contributed by atoms with Gasteiger partial charge in [-0.15, -0.1) is 0 Å². The van der Waals surface area contributed by atoms with Crippen LogP contribution in [0.3, 0.4) is 0 Å². The van der Waals surface area contributed by atoms with Crippen LogP contribution in [0.2, 0.25) is 0 Å². The Balaban J connectivity index is 2.67. The molecule has 0 fully saturated rings. The Morgan fingerprint density at radius 2 is 1.62 bits per heavy atom. The van der Waals surface area contributed by atoms with Crippen LogP contribution < -0.4 is 0 Å². The molecule has 0 spiro atoms. The summed E-state index contributed by atoms with van der Waals surface area (Å²) in [6.07, 6.45) is 0.961. The molecule has 1 radical (unpaired) electrons. The molecular formula is C12H13O4. The summed E-state index contributed by atoms with van der Waals surface area (Å²) in [6, 6.07) is 8.10. The molecule has 0 saturated heterocycles. The van der Waals surface area contributed by atoms with Gasteiger partial charge >= 0.3 is 11.9 Å². The topological polar surface area (TPSA) is 74.6 Å². The lowest BCUT2D eigenvalue weighted by Crippen LogP contribution is -2.03. The standard InChI is InChI=1S/C12H13O4/c13-11(14)7-5-9-3-1-2-4-10(9)6-8-12(15)16/h1,3-4H,5-8H2,(H,13,14)(H,15,16). The fraction of sp³-hybridized carbons (Fsp3) is 0.333. The summed E-state index contributed by atoms with van der Waals surface area (Å²) in [4.78, 5) is 20.9. The van der Waals surface area contributed by atoms with E-state index in [-0.39, 0.29) is 12.8 Å². The van der Waals surface area contributed by atoms with Crippen LogP contribution in [0.25, 0.3) is 0 Å². The summed E-state index contributed by atoms with van der Waals surface area (Å²) in [7, 11) is 0. The fourth-order valence-corrected chi connectivity index (χ4v) is 1.46. The first-order chi connectivity index (χ1) is 7.59. The van der Waals surface area contributed by atoms with E-state index < -0.39 is 11.9 Å². The maximum Gasteiger partial charge on any atom is 0.303 e. The van der Waals surface area contributed by atoms with Crippen molar-refractivity contribution in [1.29, 1.82) is 0 Å². The number of carbonyl (C=O) groups is 2. The molecule has 1 aromatic rings. The maximum absolute atomic E-state index is 10.4. The smallest absolute Gasteiger partial charge is 0.303 e. The van der Waals surface area contributed by atoms with Crippen molar-refractivity contribution >= 4 is 11.9 Å². The summed E-state index contributed by atoms with van der Waals surface area (Å²) < 4.78 is 0. The number of hydrogen-bond donors (Lipinski definition) is 2. The highest BCUT2D eigenvalue weighted by Gasteiger charge is 2.06. The minimum absolute atomic E-state index is 0.0535. The number of aryl methyl sites for hydroxylation is 2. The second kappa shape index (κ2) is 5.90. The van der Waals surface area contributed by atoms with Gasteiger partial charge in [0.2, 0.25) is 0 Å². The Hall–Kier alpha value is -1.84. The summed E-state index contributed by atoms with van der Waals surface area (Å²) in [6.45, 7) is 0. The molecule has 0 heterocycles. The summed E-state index contributed by atoms with van der Waals surface area (Å²) >= 11 is 0. The molecule has 0 aliphatic heterocycles. The van der Waals surface area contributed by atoms with Gasteiger partial charge in [-0.1, -0.05) is 18.2 Å². The normalized spacial score (nSPS) is 10.0. The van der Waals surface area contributed by atoms with Gasteiger partial charge in [-0.3, -0.25) is 9.59 Å².